The van der Waals surface area contributed by atoms with E-state index in [1.807, 2.05) is 0 Å². The molecule has 26 heteroatoms. The number of cyclic esters (lactones) is 1. The van der Waals surface area contributed by atoms with Crippen LogP contribution in [0.2, 0.25) is 0 Å². The largest absolute Gasteiger partial charge is 0.505 e. The number of aromatic hydroxyl groups is 13. The minimum absolute atomic E-state index is 0.179. The first kappa shape index (κ1) is 46.4. The Kier molecular flexibility index (Phi) is 10.6. The van der Waals surface area contributed by atoms with Gasteiger partial charge in [0.2, 0.25) is 29.6 Å². The molecule has 372 valence electrons. The van der Waals surface area contributed by atoms with Crippen LogP contribution in [0.1, 0.15) is 51.8 Å². The molecule has 13 N–H and O–H groups in total. The molecule has 0 amide bonds. The van der Waals surface area contributed by atoms with E-state index >= 15 is 4.79 Å². The number of aromatic nitrogens is 2. The molecule has 6 aromatic carbocycles. The summed E-state index contributed by atoms with van der Waals surface area (Å²) in [4.78, 5) is 81.5. The van der Waals surface area contributed by atoms with Gasteiger partial charge in [0.25, 0.3) is 0 Å². The summed E-state index contributed by atoms with van der Waals surface area (Å²) < 4.78 is 34.7. The highest BCUT2D eigenvalue weighted by Crippen LogP contribution is 2.54. The minimum atomic E-state index is -2.51. The number of ether oxygens (including phenoxy) is 6. The van der Waals surface area contributed by atoms with Crippen molar-refractivity contribution in [3.8, 4) is 97.0 Å². The molecule has 5 atom stereocenters. The fourth-order valence-corrected chi connectivity index (χ4v) is 8.53. The van der Waals surface area contributed by atoms with E-state index in [0.29, 0.717) is 30.3 Å². The molecule has 10 rings (SSSR count). The molecule has 1 saturated heterocycles. The van der Waals surface area contributed by atoms with Gasteiger partial charge in [-0.15, -0.1) is 0 Å². The van der Waals surface area contributed by atoms with Gasteiger partial charge in [-0.2, -0.15) is 0 Å². The van der Waals surface area contributed by atoms with Crippen LogP contribution in [0.15, 0.2) is 60.7 Å². The van der Waals surface area contributed by atoms with Gasteiger partial charge in [0.1, 0.15) is 18.2 Å². The maximum absolute atomic E-state index is 15.0. The van der Waals surface area contributed by atoms with Crippen LogP contribution < -0.4 is 0 Å². The predicted molar refractivity (Wildman–Crippen MR) is 234 cm³/mol. The first-order chi connectivity index (χ1) is 34.6. The van der Waals surface area contributed by atoms with Gasteiger partial charge in [-0.3, -0.25) is 0 Å². The molecule has 0 radical (unpaired) electrons. The van der Waals surface area contributed by atoms with E-state index in [0.717, 1.165) is 6.07 Å². The zero-order valence-electron chi connectivity index (χ0n) is 36.1. The van der Waals surface area contributed by atoms with Gasteiger partial charge >= 0.3 is 29.8 Å². The number of esters is 5. The van der Waals surface area contributed by atoms with Gasteiger partial charge in [0.15, 0.2) is 69.7 Å². The lowest BCUT2D eigenvalue weighted by Gasteiger charge is -2.44. The SMILES string of the molecule is O=C(O[C@@H]1O[C@@H]2COC(=O)c3cc(O)c(O)c(O)c3-c3c(cc(O)c(O)c3O)C(=O)O[C@H]3[C@@H]1OC(=O)c1cc4nc5ccccc5nc4c(O)c1-c1c(cc(O)c(O)c1O)C(=O)O[C@@H]32)c1cc(O)c(O)c(O)c1. The molecule has 0 unspecified atom stereocenters. The van der Waals surface area contributed by atoms with E-state index in [-0.39, 0.29) is 22.1 Å². The van der Waals surface area contributed by atoms with Gasteiger partial charge in [-0.25, -0.2) is 33.9 Å². The van der Waals surface area contributed by atoms with Crippen molar-refractivity contribution in [3.63, 3.8) is 0 Å². The van der Waals surface area contributed by atoms with Crippen molar-refractivity contribution >= 4 is 51.9 Å². The molecule has 3 aliphatic heterocycles. The summed E-state index contributed by atoms with van der Waals surface area (Å²) in [5.74, 6) is -24.6. The highest BCUT2D eigenvalue weighted by molar-refractivity contribution is 6.12. The number of nitrogens with zero attached hydrogens (tertiary/aromatic N) is 2. The Morgan fingerprint density at radius 3 is 1.41 bits per heavy atom. The number of phenolic OH excluding ortho intramolecular Hbond substituents is 13. The molecule has 73 heavy (non-hydrogen) atoms. The summed E-state index contributed by atoms with van der Waals surface area (Å²) in [7, 11) is 0. The van der Waals surface area contributed by atoms with E-state index < -0.39 is 192 Å². The molecular formula is C47H30N2O24. The lowest BCUT2D eigenvalue weighted by molar-refractivity contribution is -0.282. The third-order valence-corrected chi connectivity index (χ3v) is 12.0. The number of benzene rings is 6. The second-order valence-electron chi connectivity index (χ2n) is 16.3. The molecule has 26 nitrogen and oxygen atoms in total. The number of carbonyl (C=O) groups excluding carboxylic acids is 5. The highest BCUT2D eigenvalue weighted by Gasteiger charge is 2.56. The topological polar surface area (TPSA) is 430 Å². The Hall–Kier alpha value is -10.4. The zero-order chi connectivity index (χ0) is 52.2. The van der Waals surface area contributed by atoms with E-state index in [1.165, 1.54) is 12.1 Å². The normalized spacial score (nSPS) is 19.5. The quantitative estimate of drug-likeness (QED) is 0.0511. The molecule has 7 aromatic rings. The molecule has 0 saturated carbocycles. The first-order valence-corrected chi connectivity index (χ1v) is 20.8. The maximum Gasteiger partial charge on any atom is 0.340 e. The summed E-state index contributed by atoms with van der Waals surface area (Å²) in [6.07, 6.45) is -12.0. The third-order valence-electron chi connectivity index (χ3n) is 12.0. The van der Waals surface area contributed by atoms with Crippen molar-refractivity contribution in [2.75, 3.05) is 6.61 Å². The number of fused-ring (bicyclic) bond motifs is 8. The number of para-hydroxylation sites is 2. The lowest BCUT2D eigenvalue weighted by Crippen LogP contribution is -2.63. The molecule has 1 aromatic heterocycles. The minimum Gasteiger partial charge on any atom is -0.505 e. The van der Waals surface area contributed by atoms with Gasteiger partial charge in [-0.1, -0.05) is 12.1 Å². The van der Waals surface area contributed by atoms with Gasteiger partial charge in [0.05, 0.1) is 44.4 Å². The Bertz CT molecular complexity index is 3630. The predicted octanol–water partition coefficient (Wildman–Crippen LogP) is 3.33. The lowest BCUT2D eigenvalue weighted by atomic mass is 9.91. The number of hydrogen-bond acceptors (Lipinski definition) is 26. The Morgan fingerprint density at radius 1 is 0.466 bits per heavy atom. The van der Waals surface area contributed by atoms with Crippen molar-refractivity contribution in [2.45, 2.75) is 30.7 Å². The molecule has 0 spiro atoms. The van der Waals surface area contributed by atoms with E-state index in [2.05, 4.69) is 9.97 Å². The molecule has 4 bridgehead atoms. The summed E-state index contributed by atoms with van der Waals surface area (Å²) in [6, 6.07) is 9.72. The number of hydrogen-bond donors (Lipinski definition) is 13. The van der Waals surface area contributed by atoms with Crippen molar-refractivity contribution in [1.82, 2.24) is 9.97 Å². The van der Waals surface area contributed by atoms with Crippen LogP contribution >= 0.6 is 0 Å². The molecule has 0 aliphatic carbocycles. The van der Waals surface area contributed by atoms with Crippen LogP contribution in [0.4, 0.5) is 0 Å². The molecule has 3 aliphatic rings. The third kappa shape index (κ3) is 7.27. The highest BCUT2D eigenvalue weighted by atomic mass is 16.7. The molecular weight excluding hydrogens is 977 g/mol. The molecule has 4 heterocycles. The van der Waals surface area contributed by atoms with Crippen LogP contribution in [0.3, 0.4) is 0 Å². The number of phenols is 13. The average molecular weight is 1010 g/mol. The van der Waals surface area contributed by atoms with Crippen LogP contribution in [0.5, 0.6) is 74.7 Å². The van der Waals surface area contributed by atoms with Crippen LogP contribution in [0, 0.1) is 0 Å². The fraction of sp³-hybridized carbons (Fsp3) is 0.128. The van der Waals surface area contributed by atoms with Gasteiger partial charge in [0, 0.05) is 22.3 Å². The second-order valence-corrected chi connectivity index (χ2v) is 16.3. The van der Waals surface area contributed by atoms with E-state index in [4.69, 9.17) is 28.4 Å². The van der Waals surface area contributed by atoms with E-state index in [1.54, 1.807) is 12.1 Å². The van der Waals surface area contributed by atoms with Crippen molar-refractivity contribution in [3.05, 3.63) is 88.5 Å². The second kappa shape index (κ2) is 16.7. The average Bonchev–Trinajstić information content (AvgIpc) is 3.36. The smallest absolute Gasteiger partial charge is 0.340 e. The number of carbonyl (C=O) groups is 5. The van der Waals surface area contributed by atoms with Crippen molar-refractivity contribution in [2.24, 2.45) is 0 Å². The van der Waals surface area contributed by atoms with Gasteiger partial charge in [-0.05, 0) is 48.5 Å². The summed E-state index contributed by atoms with van der Waals surface area (Å²) >= 11 is 0. The van der Waals surface area contributed by atoms with E-state index in [9.17, 15) is 85.6 Å². The Labute approximate surface area is 402 Å². The fourth-order valence-electron chi connectivity index (χ4n) is 8.53. The summed E-state index contributed by atoms with van der Waals surface area (Å²) in [5, 5.41) is 141. The maximum atomic E-state index is 15.0. The first-order valence-electron chi connectivity index (χ1n) is 20.8. The number of rotatable bonds is 2. The Balaban J connectivity index is 1.24. The van der Waals surface area contributed by atoms with Gasteiger partial charge < -0.3 is 94.8 Å². The Morgan fingerprint density at radius 2 is 0.890 bits per heavy atom. The van der Waals surface area contributed by atoms with Crippen molar-refractivity contribution in [1.29, 1.82) is 0 Å². The standard InChI is InChI=1S/C47H30N2O24/c50-20-5-12(6-21(51)31(20)55)42(63)73-47-41-40-39(25(69-47)11-68-43(64)14-8-22(52)32(56)36(60)27(14)29-16(46(67)71-40)10-24(54)34(58)38(29)62)70-45(66)15-9-23(53)33(57)37(61)28(15)26-13(44(65)72-41)7-19-30(35(26)59)49-18-4-2-1-3-17(18)48-19/h1-10,25,39-41,47,50-62H,11H2/t25-,39-,40-,41+,47+/m1/s1. The summed E-state index contributed by atoms with van der Waals surface area (Å²) in [6.45, 7) is -1.25. The van der Waals surface area contributed by atoms with Crippen LogP contribution in [0.25, 0.3) is 44.3 Å². The summed E-state index contributed by atoms with van der Waals surface area (Å²) in [5.41, 5.74) is -8.87. The molecule has 1 fully saturated rings. The zero-order valence-corrected chi connectivity index (χ0v) is 36.1. The van der Waals surface area contributed by atoms with Crippen LogP contribution in [-0.2, 0) is 28.4 Å². The monoisotopic (exact) mass is 1010 g/mol. The van der Waals surface area contributed by atoms with Crippen molar-refractivity contribution < 1.29 is 119 Å². The van der Waals surface area contributed by atoms with Crippen LogP contribution in [-0.4, -0.2) is 144 Å².